The molecule has 2 rings (SSSR count). The Morgan fingerprint density at radius 1 is 1.47 bits per heavy atom. The smallest absolute Gasteiger partial charge is 0.223 e. The molecule has 1 aromatic rings. The summed E-state index contributed by atoms with van der Waals surface area (Å²) in [5, 5.41) is 6.47. The van der Waals surface area contributed by atoms with Crippen LogP contribution in [0.1, 0.15) is 12.5 Å². The maximum absolute atomic E-state index is 11.2. The van der Waals surface area contributed by atoms with Crippen LogP contribution in [-0.4, -0.2) is 19.6 Å². The van der Waals surface area contributed by atoms with Gasteiger partial charge in [0.05, 0.1) is 6.67 Å². The molecule has 0 saturated carbocycles. The fourth-order valence-corrected chi connectivity index (χ4v) is 1.64. The summed E-state index contributed by atoms with van der Waals surface area (Å²) in [5.74, 6) is 0.0478. The predicted molar refractivity (Wildman–Crippen MR) is 60.9 cm³/mol. The van der Waals surface area contributed by atoms with Crippen LogP contribution >= 0.6 is 0 Å². The molecule has 0 fully saturated rings. The summed E-state index contributed by atoms with van der Waals surface area (Å²) < 4.78 is 0. The lowest BCUT2D eigenvalue weighted by molar-refractivity contribution is -0.116. The van der Waals surface area contributed by atoms with Crippen LogP contribution in [0, 0.1) is 0 Å². The molecule has 0 radical (unpaired) electrons. The SMILES string of the molecule is CC(=O)N(C)c1ccc2c(c1)CNCN2. The van der Waals surface area contributed by atoms with Gasteiger partial charge in [0.25, 0.3) is 0 Å². The third kappa shape index (κ3) is 1.94. The lowest BCUT2D eigenvalue weighted by Gasteiger charge is -2.22. The third-order valence-electron chi connectivity index (χ3n) is 2.67. The Morgan fingerprint density at radius 3 is 3.00 bits per heavy atom. The first-order valence-corrected chi connectivity index (χ1v) is 5.00. The van der Waals surface area contributed by atoms with E-state index in [-0.39, 0.29) is 5.91 Å². The van der Waals surface area contributed by atoms with Gasteiger partial charge in [-0.15, -0.1) is 0 Å². The average molecular weight is 205 g/mol. The topological polar surface area (TPSA) is 44.4 Å². The standard InChI is InChI=1S/C11H15N3O/c1-8(15)14(2)10-3-4-11-9(5-10)6-12-7-13-11/h3-5,12-13H,6-7H2,1-2H3. The van der Waals surface area contributed by atoms with E-state index in [9.17, 15) is 4.79 Å². The monoisotopic (exact) mass is 205 g/mol. The quantitative estimate of drug-likeness (QED) is 0.722. The van der Waals surface area contributed by atoms with Crippen LogP contribution in [0.4, 0.5) is 11.4 Å². The summed E-state index contributed by atoms with van der Waals surface area (Å²) in [4.78, 5) is 12.9. The van der Waals surface area contributed by atoms with E-state index >= 15 is 0 Å². The molecule has 0 spiro atoms. The molecule has 1 heterocycles. The average Bonchev–Trinajstić information content (AvgIpc) is 2.27. The van der Waals surface area contributed by atoms with Crippen molar-refractivity contribution in [1.29, 1.82) is 0 Å². The molecule has 1 aromatic carbocycles. The Labute approximate surface area is 89.3 Å². The van der Waals surface area contributed by atoms with Crippen molar-refractivity contribution in [2.75, 3.05) is 23.9 Å². The number of anilines is 2. The Hall–Kier alpha value is -1.55. The van der Waals surface area contributed by atoms with Crippen LogP contribution in [0.3, 0.4) is 0 Å². The van der Waals surface area contributed by atoms with Gasteiger partial charge in [-0.2, -0.15) is 0 Å². The Morgan fingerprint density at radius 2 is 2.27 bits per heavy atom. The number of nitrogens with one attached hydrogen (secondary N) is 2. The number of fused-ring (bicyclic) bond motifs is 1. The van der Waals surface area contributed by atoms with Crippen molar-refractivity contribution in [3.05, 3.63) is 23.8 Å². The normalized spacial score (nSPS) is 14.0. The number of hydrogen-bond acceptors (Lipinski definition) is 3. The highest BCUT2D eigenvalue weighted by atomic mass is 16.2. The van der Waals surface area contributed by atoms with Gasteiger partial charge < -0.3 is 10.2 Å². The van der Waals surface area contributed by atoms with Crippen LogP contribution in [0.5, 0.6) is 0 Å². The van der Waals surface area contributed by atoms with Crippen molar-refractivity contribution in [2.45, 2.75) is 13.5 Å². The van der Waals surface area contributed by atoms with E-state index in [0.29, 0.717) is 0 Å². The summed E-state index contributed by atoms with van der Waals surface area (Å²) in [7, 11) is 1.79. The molecular weight excluding hydrogens is 190 g/mol. The number of amides is 1. The Balaban J connectivity index is 2.31. The van der Waals surface area contributed by atoms with Gasteiger partial charge in [0.2, 0.25) is 5.91 Å². The molecule has 0 saturated heterocycles. The molecule has 1 amide bonds. The van der Waals surface area contributed by atoms with Crippen LogP contribution < -0.4 is 15.5 Å². The molecule has 0 bridgehead atoms. The van der Waals surface area contributed by atoms with Crippen molar-refractivity contribution < 1.29 is 4.79 Å². The largest absolute Gasteiger partial charge is 0.372 e. The number of benzene rings is 1. The van der Waals surface area contributed by atoms with E-state index in [0.717, 1.165) is 24.6 Å². The molecule has 15 heavy (non-hydrogen) atoms. The van der Waals surface area contributed by atoms with Gasteiger partial charge in [0.1, 0.15) is 0 Å². The molecule has 0 atom stereocenters. The predicted octanol–water partition coefficient (Wildman–Crippen LogP) is 1.14. The summed E-state index contributed by atoms with van der Waals surface area (Å²) >= 11 is 0. The first kappa shape index (κ1) is 9.98. The molecule has 2 N–H and O–H groups in total. The van der Waals surface area contributed by atoms with Gasteiger partial charge in [-0.25, -0.2) is 0 Å². The second-order valence-corrected chi connectivity index (χ2v) is 3.70. The van der Waals surface area contributed by atoms with E-state index in [1.807, 2.05) is 18.2 Å². The van der Waals surface area contributed by atoms with Crippen LogP contribution in [0.2, 0.25) is 0 Å². The zero-order valence-corrected chi connectivity index (χ0v) is 9.00. The lowest BCUT2D eigenvalue weighted by atomic mass is 10.1. The molecule has 1 aliphatic rings. The maximum atomic E-state index is 11.2. The zero-order chi connectivity index (χ0) is 10.8. The number of hydrogen-bond donors (Lipinski definition) is 2. The highest BCUT2D eigenvalue weighted by molar-refractivity contribution is 5.91. The van der Waals surface area contributed by atoms with Crippen LogP contribution in [-0.2, 0) is 11.3 Å². The van der Waals surface area contributed by atoms with Crippen molar-refractivity contribution in [1.82, 2.24) is 5.32 Å². The second kappa shape index (κ2) is 3.90. The first-order chi connectivity index (χ1) is 7.18. The number of carbonyl (C=O) groups is 1. The van der Waals surface area contributed by atoms with Gasteiger partial charge in [-0.1, -0.05) is 0 Å². The first-order valence-electron chi connectivity index (χ1n) is 5.00. The molecule has 80 valence electrons. The van der Waals surface area contributed by atoms with E-state index < -0.39 is 0 Å². The van der Waals surface area contributed by atoms with Crippen molar-refractivity contribution >= 4 is 17.3 Å². The molecular formula is C11H15N3O. The second-order valence-electron chi connectivity index (χ2n) is 3.70. The number of carbonyl (C=O) groups excluding carboxylic acids is 1. The van der Waals surface area contributed by atoms with E-state index in [1.54, 1.807) is 18.9 Å². The molecule has 4 heteroatoms. The molecule has 0 aromatic heterocycles. The van der Waals surface area contributed by atoms with E-state index in [2.05, 4.69) is 10.6 Å². The summed E-state index contributed by atoms with van der Waals surface area (Å²) in [6, 6.07) is 6.01. The Kier molecular flexibility index (Phi) is 2.60. The van der Waals surface area contributed by atoms with Gasteiger partial charge >= 0.3 is 0 Å². The van der Waals surface area contributed by atoms with Crippen LogP contribution in [0.15, 0.2) is 18.2 Å². The van der Waals surface area contributed by atoms with E-state index in [1.165, 1.54) is 5.56 Å². The minimum Gasteiger partial charge on any atom is -0.372 e. The summed E-state index contributed by atoms with van der Waals surface area (Å²) in [6.07, 6.45) is 0. The van der Waals surface area contributed by atoms with E-state index in [4.69, 9.17) is 0 Å². The molecule has 0 aliphatic carbocycles. The summed E-state index contributed by atoms with van der Waals surface area (Å²) in [5.41, 5.74) is 3.29. The highest BCUT2D eigenvalue weighted by Gasteiger charge is 2.11. The molecule has 4 nitrogen and oxygen atoms in total. The van der Waals surface area contributed by atoms with Crippen molar-refractivity contribution in [3.8, 4) is 0 Å². The van der Waals surface area contributed by atoms with Crippen LogP contribution in [0.25, 0.3) is 0 Å². The highest BCUT2D eigenvalue weighted by Crippen LogP contribution is 2.24. The lowest BCUT2D eigenvalue weighted by Crippen LogP contribution is -2.28. The van der Waals surface area contributed by atoms with Crippen molar-refractivity contribution in [2.24, 2.45) is 0 Å². The van der Waals surface area contributed by atoms with Crippen molar-refractivity contribution in [3.63, 3.8) is 0 Å². The fraction of sp³-hybridized carbons (Fsp3) is 0.364. The minimum absolute atomic E-state index is 0.0478. The van der Waals surface area contributed by atoms with Gasteiger partial charge in [-0.3, -0.25) is 10.1 Å². The maximum Gasteiger partial charge on any atom is 0.223 e. The Bertz CT molecular complexity index is 389. The molecule has 0 unspecified atom stereocenters. The molecule has 1 aliphatic heterocycles. The van der Waals surface area contributed by atoms with Gasteiger partial charge in [0, 0.05) is 31.9 Å². The summed E-state index contributed by atoms with van der Waals surface area (Å²) in [6.45, 7) is 3.22. The minimum atomic E-state index is 0.0478. The van der Waals surface area contributed by atoms with Gasteiger partial charge in [0.15, 0.2) is 0 Å². The number of nitrogens with zero attached hydrogens (tertiary/aromatic N) is 1. The zero-order valence-electron chi connectivity index (χ0n) is 9.00. The van der Waals surface area contributed by atoms with Gasteiger partial charge in [-0.05, 0) is 23.8 Å². The third-order valence-corrected chi connectivity index (χ3v) is 2.67. The fourth-order valence-electron chi connectivity index (χ4n) is 1.64. The number of rotatable bonds is 1.